The molecule has 7 heteroatoms. The zero-order valence-electron chi connectivity index (χ0n) is 18.0. The highest BCUT2D eigenvalue weighted by atomic mass is 16.3. The van der Waals surface area contributed by atoms with Crippen molar-refractivity contribution < 1.29 is 14.7 Å². The van der Waals surface area contributed by atoms with Crippen molar-refractivity contribution in [2.24, 2.45) is 0 Å². The molecule has 0 heterocycles. The minimum absolute atomic E-state index is 0.0496. The summed E-state index contributed by atoms with van der Waals surface area (Å²) in [6, 6.07) is 11.3. The second-order valence-electron chi connectivity index (χ2n) is 7.66. The van der Waals surface area contributed by atoms with Crippen LogP contribution in [0.1, 0.15) is 43.0 Å². The third-order valence-electron chi connectivity index (χ3n) is 5.22. The Kier molecular flexibility index (Phi) is 5.88. The Morgan fingerprint density at radius 3 is 1.61 bits per heavy atom. The predicted octanol–water partition coefficient (Wildman–Crippen LogP) is 4.29. The Morgan fingerprint density at radius 1 is 0.742 bits per heavy atom. The largest absolute Gasteiger partial charge is 0.507 e. The van der Waals surface area contributed by atoms with Crippen LogP contribution >= 0.6 is 0 Å². The van der Waals surface area contributed by atoms with Crippen LogP contribution in [0.5, 0.6) is 5.75 Å². The number of hydrogen-bond acceptors (Lipinski definition) is 5. The van der Waals surface area contributed by atoms with Gasteiger partial charge in [-0.3, -0.25) is 9.59 Å². The number of aryl methyl sites for hydroxylation is 4. The quantitative estimate of drug-likeness (QED) is 0.403. The van der Waals surface area contributed by atoms with E-state index in [4.69, 9.17) is 11.5 Å². The minimum atomic E-state index is -0.600. The molecule has 3 rings (SSSR count). The van der Waals surface area contributed by atoms with Gasteiger partial charge in [0.25, 0.3) is 11.8 Å². The standard InChI is InChI=1S/C24H26N4O3/c1-12-8-16(9-13(2)21(12)25)27-23(30)18-6-5-7-19(29)20(18)24(31)28-17-10-14(3)22(26)15(4)11-17/h5-11,29H,25-26H2,1-4H3,(H,27,30)(H,28,31). The van der Waals surface area contributed by atoms with E-state index < -0.39 is 11.8 Å². The minimum Gasteiger partial charge on any atom is -0.507 e. The van der Waals surface area contributed by atoms with Crippen LogP contribution in [-0.2, 0) is 0 Å². The highest BCUT2D eigenvalue weighted by molar-refractivity contribution is 6.16. The highest BCUT2D eigenvalue weighted by Gasteiger charge is 2.22. The second-order valence-corrected chi connectivity index (χ2v) is 7.66. The van der Waals surface area contributed by atoms with Crippen molar-refractivity contribution in [3.63, 3.8) is 0 Å². The smallest absolute Gasteiger partial charge is 0.260 e. The third kappa shape index (κ3) is 4.45. The SMILES string of the molecule is Cc1cc(NC(=O)c2cccc(O)c2C(=O)Nc2cc(C)c(N)c(C)c2)cc(C)c1N. The van der Waals surface area contributed by atoms with Crippen LogP contribution in [0, 0.1) is 27.7 Å². The fourth-order valence-electron chi connectivity index (χ4n) is 3.45. The zero-order chi connectivity index (χ0) is 22.9. The molecule has 0 spiro atoms. The number of nitrogens with two attached hydrogens (primary N) is 2. The zero-order valence-corrected chi connectivity index (χ0v) is 18.0. The predicted molar refractivity (Wildman–Crippen MR) is 125 cm³/mol. The average molecular weight is 418 g/mol. The molecule has 31 heavy (non-hydrogen) atoms. The van der Waals surface area contributed by atoms with E-state index >= 15 is 0 Å². The summed E-state index contributed by atoms with van der Waals surface area (Å²) >= 11 is 0. The fraction of sp³-hybridized carbons (Fsp3) is 0.167. The van der Waals surface area contributed by atoms with Gasteiger partial charge in [0.2, 0.25) is 0 Å². The molecule has 0 aromatic heterocycles. The summed E-state index contributed by atoms with van der Waals surface area (Å²) in [5.74, 6) is -1.41. The monoisotopic (exact) mass is 418 g/mol. The van der Waals surface area contributed by atoms with E-state index in [9.17, 15) is 14.7 Å². The van der Waals surface area contributed by atoms with Gasteiger partial charge in [-0.05, 0) is 86.3 Å². The molecule has 3 aromatic carbocycles. The Morgan fingerprint density at radius 2 is 1.16 bits per heavy atom. The molecular formula is C24H26N4O3. The van der Waals surface area contributed by atoms with Crippen LogP contribution in [0.2, 0.25) is 0 Å². The number of nitrogens with one attached hydrogen (secondary N) is 2. The molecule has 0 aliphatic heterocycles. The van der Waals surface area contributed by atoms with Crippen LogP contribution in [0.15, 0.2) is 42.5 Å². The summed E-state index contributed by atoms with van der Waals surface area (Å²) in [5, 5.41) is 15.9. The van der Waals surface area contributed by atoms with Crippen molar-refractivity contribution in [1.82, 2.24) is 0 Å². The molecule has 2 amide bonds. The Balaban J connectivity index is 1.93. The van der Waals surface area contributed by atoms with Gasteiger partial charge < -0.3 is 27.2 Å². The molecule has 0 aliphatic rings. The summed E-state index contributed by atoms with van der Waals surface area (Å²) in [7, 11) is 0. The van der Waals surface area contributed by atoms with Crippen LogP contribution in [0.3, 0.4) is 0 Å². The van der Waals surface area contributed by atoms with Gasteiger partial charge in [-0.25, -0.2) is 0 Å². The second kappa shape index (κ2) is 8.39. The summed E-state index contributed by atoms with van der Waals surface area (Å²) in [4.78, 5) is 25.9. The van der Waals surface area contributed by atoms with Crippen molar-refractivity contribution in [3.8, 4) is 5.75 Å². The summed E-state index contributed by atoms with van der Waals surface area (Å²) in [6.45, 7) is 7.38. The lowest BCUT2D eigenvalue weighted by atomic mass is 10.0. The molecule has 0 radical (unpaired) electrons. The molecule has 3 aromatic rings. The highest BCUT2D eigenvalue weighted by Crippen LogP contribution is 2.27. The van der Waals surface area contributed by atoms with Crippen molar-refractivity contribution in [2.45, 2.75) is 27.7 Å². The number of nitrogen functional groups attached to an aromatic ring is 2. The number of carbonyl (C=O) groups is 2. The first-order valence-electron chi connectivity index (χ1n) is 9.76. The molecule has 0 fully saturated rings. The van der Waals surface area contributed by atoms with E-state index in [1.165, 1.54) is 18.2 Å². The van der Waals surface area contributed by atoms with E-state index in [0.717, 1.165) is 22.3 Å². The van der Waals surface area contributed by atoms with E-state index in [0.29, 0.717) is 22.7 Å². The number of phenols is 1. The van der Waals surface area contributed by atoms with Gasteiger partial charge in [0.05, 0.1) is 11.1 Å². The van der Waals surface area contributed by atoms with Crippen LogP contribution in [0.4, 0.5) is 22.7 Å². The van der Waals surface area contributed by atoms with Gasteiger partial charge >= 0.3 is 0 Å². The molecule has 0 unspecified atom stereocenters. The van der Waals surface area contributed by atoms with Crippen LogP contribution in [0.25, 0.3) is 0 Å². The van der Waals surface area contributed by atoms with Crippen molar-refractivity contribution in [3.05, 3.63) is 75.8 Å². The number of anilines is 4. The Bertz CT molecular complexity index is 1160. The summed E-state index contributed by atoms with van der Waals surface area (Å²) in [6.07, 6.45) is 0. The van der Waals surface area contributed by atoms with Gasteiger partial charge in [0, 0.05) is 22.7 Å². The van der Waals surface area contributed by atoms with Crippen molar-refractivity contribution in [2.75, 3.05) is 22.1 Å². The molecule has 7 nitrogen and oxygen atoms in total. The van der Waals surface area contributed by atoms with Crippen LogP contribution < -0.4 is 22.1 Å². The lowest BCUT2D eigenvalue weighted by Gasteiger charge is -2.15. The maximum atomic E-state index is 13.0. The number of carbonyl (C=O) groups excluding carboxylic acids is 2. The fourth-order valence-corrected chi connectivity index (χ4v) is 3.45. The third-order valence-corrected chi connectivity index (χ3v) is 5.22. The Labute approximate surface area is 181 Å². The van der Waals surface area contributed by atoms with Gasteiger partial charge in [-0.15, -0.1) is 0 Å². The van der Waals surface area contributed by atoms with Gasteiger partial charge in [-0.2, -0.15) is 0 Å². The number of benzene rings is 3. The molecule has 0 atom stereocenters. The molecule has 0 bridgehead atoms. The van der Waals surface area contributed by atoms with E-state index in [2.05, 4.69) is 10.6 Å². The number of rotatable bonds is 4. The molecule has 0 saturated heterocycles. The maximum absolute atomic E-state index is 13.0. The van der Waals surface area contributed by atoms with Crippen molar-refractivity contribution >= 4 is 34.6 Å². The van der Waals surface area contributed by atoms with Gasteiger partial charge in [0.15, 0.2) is 0 Å². The number of hydrogen-bond donors (Lipinski definition) is 5. The van der Waals surface area contributed by atoms with Gasteiger partial charge in [0.1, 0.15) is 5.75 Å². The first-order valence-corrected chi connectivity index (χ1v) is 9.76. The summed E-state index contributed by atoms with van der Waals surface area (Å²) < 4.78 is 0. The van der Waals surface area contributed by atoms with Crippen molar-refractivity contribution in [1.29, 1.82) is 0 Å². The van der Waals surface area contributed by atoms with E-state index in [1.54, 1.807) is 24.3 Å². The topological polar surface area (TPSA) is 130 Å². The number of aromatic hydroxyl groups is 1. The lowest BCUT2D eigenvalue weighted by Crippen LogP contribution is -2.20. The number of phenolic OH excluding ortho intramolecular Hbond substituents is 1. The number of amides is 2. The van der Waals surface area contributed by atoms with Crippen LogP contribution in [-0.4, -0.2) is 16.9 Å². The van der Waals surface area contributed by atoms with Gasteiger partial charge in [-0.1, -0.05) is 6.07 Å². The van der Waals surface area contributed by atoms with E-state index in [-0.39, 0.29) is 16.9 Å². The molecular weight excluding hydrogens is 392 g/mol. The molecule has 7 N–H and O–H groups in total. The molecule has 0 saturated carbocycles. The maximum Gasteiger partial charge on any atom is 0.260 e. The average Bonchev–Trinajstić information content (AvgIpc) is 2.69. The first kappa shape index (κ1) is 21.7. The first-order chi connectivity index (χ1) is 14.6. The normalized spacial score (nSPS) is 10.6. The summed E-state index contributed by atoms with van der Waals surface area (Å²) in [5.41, 5.74) is 17.6. The van der Waals surface area contributed by atoms with E-state index in [1.807, 2.05) is 27.7 Å². The lowest BCUT2D eigenvalue weighted by molar-refractivity contribution is 0.0988. The molecule has 160 valence electrons. The molecule has 0 aliphatic carbocycles. The Hall–Kier alpha value is -4.00.